The second kappa shape index (κ2) is 4.28. The smallest absolute Gasteiger partial charge is 0.337 e. The van der Waals surface area contributed by atoms with Crippen LogP contribution in [-0.2, 0) is 9.53 Å². The van der Waals surface area contributed by atoms with Crippen molar-refractivity contribution in [2.75, 3.05) is 13.7 Å². The molecule has 1 saturated heterocycles. The zero-order chi connectivity index (χ0) is 11.7. The number of allylic oxidation sites excluding steroid dienone is 1. The van der Waals surface area contributed by atoms with Crippen molar-refractivity contribution in [2.45, 2.75) is 39.2 Å². The molecule has 1 fully saturated rings. The van der Waals surface area contributed by atoms with Gasteiger partial charge in [-0.25, -0.2) is 9.79 Å². The molecule has 0 aromatic carbocycles. The van der Waals surface area contributed by atoms with Gasteiger partial charge in [-0.15, -0.1) is 0 Å². The summed E-state index contributed by atoms with van der Waals surface area (Å²) in [6, 6.07) is 0.0975. The van der Waals surface area contributed by atoms with E-state index < -0.39 is 0 Å². The van der Waals surface area contributed by atoms with E-state index in [4.69, 9.17) is 4.74 Å². The van der Waals surface area contributed by atoms with Crippen molar-refractivity contribution in [1.82, 2.24) is 4.90 Å². The Hall–Kier alpha value is -1.32. The van der Waals surface area contributed by atoms with Gasteiger partial charge in [-0.1, -0.05) is 0 Å². The average Bonchev–Trinajstić information content (AvgIpc) is 2.28. The number of hydrogen-bond donors (Lipinski definition) is 0. The number of rotatable bonds is 1. The number of aliphatic imine (C=N–C) groups is 1. The first-order chi connectivity index (χ1) is 7.65. The fraction of sp³-hybridized carbons (Fsp3) is 0.667. The summed E-state index contributed by atoms with van der Waals surface area (Å²) in [6.07, 6.45) is 3.40. The fourth-order valence-corrected chi connectivity index (χ4v) is 2.52. The van der Waals surface area contributed by atoms with E-state index in [1.165, 1.54) is 20.0 Å². The molecular formula is C12H18N2O2. The molecule has 2 aliphatic rings. The minimum Gasteiger partial charge on any atom is -0.466 e. The van der Waals surface area contributed by atoms with E-state index in [0.29, 0.717) is 5.57 Å². The lowest BCUT2D eigenvalue weighted by molar-refractivity contribution is -0.136. The fourth-order valence-electron chi connectivity index (χ4n) is 2.52. The first-order valence-corrected chi connectivity index (χ1v) is 5.78. The highest BCUT2D eigenvalue weighted by Crippen LogP contribution is 2.27. The number of esters is 1. The molecule has 0 aliphatic carbocycles. The van der Waals surface area contributed by atoms with Gasteiger partial charge in [-0.2, -0.15) is 0 Å². The van der Waals surface area contributed by atoms with Gasteiger partial charge in [-0.3, -0.25) is 0 Å². The van der Waals surface area contributed by atoms with Crippen LogP contribution >= 0.6 is 0 Å². The number of carbonyl (C=O) groups is 1. The molecule has 0 bridgehead atoms. The standard InChI is InChI=1S/C12H18N2O2/c1-8-11(12(15)16-3)9(2)14-7-5-4-6-10(14)13-8/h9H,4-7H2,1-3H3. The summed E-state index contributed by atoms with van der Waals surface area (Å²) in [5.74, 6) is 0.877. The van der Waals surface area contributed by atoms with Gasteiger partial charge in [0.05, 0.1) is 24.4 Å². The predicted molar refractivity (Wildman–Crippen MR) is 62.2 cm³/mol. The Kier molecular flexibility index (Phi) is 2.99. The molecule has 0 radical (unpaired) electrons. The van der Waals surface area contributed by atoms with Crippen molar-refractivity contribution in [1.29, 1.82) is 0 Å². The highest BCUT2D eigenvalue weighted by atomic mass is 16.5. The summed E-state index contributed by atoms with van der Waals surface area (Å²) in [6.45, 7) is 4.94. The highest BCUT2D eigenvalue weighted by molar-refractivity contribution is 5.95. The quantitative estimate of drug-likeness (QED) is 0.634. The van der Waals surface area contributed by atoms with Gasteiger partial charge < -0.3 is 9.64 Å². The van der Waals surface area contributed by atoms with E-state index in [0.717, 1.165) is 24.5 Å². The Morgan fingerprint density at radius 3 is 2.94 bits per heavy atom. The number of methoxy groups -OCH3 is 1. The molecule has 2 rings (SSSR count). The lowest BCUT2D eigenvalue weighted by Crippen LogP contribution is -2.46. The van der Waals surface area contributed by atoms with Gasteiger partial charge >= 0.3 is 5.97 Å². The molecule has 16 heavy (non-hydrogen) atoms. The maximum absolute atomic E-state index is 11.7. The number of fused-ring (bicyclic) bond motifs is 1. The predicted octanol–water partition coefficient (Wildman–Crippen LogP) is 1.72. The summed E-state index contributed by atoms with van der Waals surface area (Å²) in [5.41, 5.74) is 1.51. The monoisotopic (exact) mass is 222 g/mol. The van der Waals surface area contributed by atoms with E-state index in [-0.39, 0.29) is 12.0 Å². The van der Waals surface area contributed by atoms with E-state index in [1.807, 2.05) is 6.92 Å². The van der Waals surface area contributed by atoms with Crippen LogP contribution in [0.3, 0.4) is 0 Å². The van der Waals surface area contributed by atoms with E-state index in [2.05, 4.69) is 16.8 Å². The SMILES string of the molecule is COC(=O)C1=C(C)N=C2CCCCN2C1C. The third kappa shape index (κ3) is 1.72. The minimum absolute atomic E-state index is 0.0975. The van der Waals surface area contributed by atoms with E-state index in [9.17, 15) is 4.79 Å². The summed E-state index contributed by atoms with van der Waals surface area (Å²) in [7, 11) is 1.42. The van der Waals surface area contributed by atoms with Crippen molar-refractivity contribution in [3.63, 3.8) is 0 Å². The van der Waals surface area contributed by atoms with Gasteiger partial charge in [0.1, 0.15) is 5.84 Å². The largest absolute Gasteiger partial charge is 0.466 e. The van der Waals surface area contributed by atoms with Gasteiger partial charge in [-0.05, 0) is 26.7 Å². The number of nitrogens with zero attached hydrogens (tertiary/aromatic N) is 2. The number of ether oxygens (including phenoxy) is 1. The first-order valence-electron chi connectivity index (χ1n) is 5.78. The van der Waals surface area contributed by atoms with E-state index in [1.54, 1.807) is 0 Å². The van der Waals surface area contributed by atoms with Crippen LogP contribution in [0.2, 0.25) is 0 Å². The molecule has 2 heterocycles. The van der Waals surface area contributed by atoms with Crippen LogP contribution in [0.15, 0.2) is 16.3 Å². The van der Waals surface area contributed by atoms with Crippen molar-refractivity contribution in [2.24, 2.45) is 4.99 Å². The Labute approximate surface area is 96.0 Å². The first kappa shape index (κ1) is 11.2. The van der Waals surface area contributed by atoms with Gasteiger partial charge in [0.25, 0.3) is 0 Å². The lowest BCUT2D eigenvalue weighted by atomic mass is 9.98. The Morgan fingerprint density at radius 1 is 1.50 bits per heavy atom. The van der Waals surface area contributed by atoms with Gasteiger partial charge in [0.2, 0.25) is 0 Å². The summed E-state index contributed by atoms with van der Waals surface area (Å²) in [5, 5.41) is 0. The third-order valence-corrected chi connectivity index (χ3v) is 3.36. The van der Waals surface area contributed by atoms with Crippen LogP contribution in [0.5, 0.6) is 0 Å². The van der Waals surface area contributed by atoms with Crippen molar-refractivity contribution < 1.29 is 9.53 Å². The van der Waals surface area contributed by atoms with Crippen LogP contribution in [-0.4, -0.2) is 36.4 Å². The number of carbonyl (C=O) groups excluding carboxylic acids is 1. The minimum atomic E-state index is -0.252. The second-order valence-corrected chi connectivity index (χ2v) is 4.35. The van der Waals surface area contributed by atoms with Crippen molar-refractivity contribution in [3.8, 4) is 0 Å². The third-order valence-electron chi connectivity index (χ3n) is 3.36. The molecule has 0 saturated carbocycles. The molecular weight excluding hydrogens is 204 g/mol. The molecule has 88 valence electrons. The van der Waals surface area contributed by atoms with Crippen LogP contribution in [0.4, 0.5) is 0 Å². The molecule has 1 unspecified atom stereocenters. The number of hydrogen-bond acceptors (Lipinski definition) is 4. The zero-order valence-corrected chi connectivity index (χ0v) is 10.1. The number of amidine groups is 1. The summed E-state index contributed by atoms with van der Waals surface area (Å²) in [4.78, 5) is 18.4. The molecule has 0 aromatic heterocycles. The Morgan fingerprint density at radius 2 is 2.25 bits per heavy atom. The van der Waals surface area contributed by atoms with Crippen molar-refractivity contribution in [3.05, 3.63) is 11.3 Å². The van der Waals surface area contributed by atoms with Crippen LogP contribution in [0.1, 0.15) is 33.1 Å². The molecule has 0 N–H and O–H groups in total. The van der Waals surface area contributed by atoms with Crippen molar-refractivity contribution >= 4 is 11.8 Å². The summed E-state index contributed by atoms with van der Waals surface area (Å²) >= 11 is 0. The Bertz CT molecular complexity index is 371. The van der Waals surface area contributed by atoms with Crippen LogP contribution in [0, 0.1) is 0 Å². The van der Waals surface area contributed by atoms with Gasteiger partial charge in [0, 0.05) is 13.0 Å². The molecule has 2 aliphatic heterocycles. The maximum Gasteiger partial charge on any atom is 0.337 e. The van der Waals surface area contributed by atoms with E-state index >= 15 is 0 Å². The average molecular weight is 222 g/mol. The Balaban J connectivity index is 2.36. The lowest BCUT2D eigenvalue weighted by Gasteiger charge is -2.39. The van der Waals surface area contributed by atoms with Gasteiger partial charge in [0.15, 0.2) is 0 Å². The topological polar surface area (TPSA) is 41.9 Å². The molecule has 0 spiro atoms. The molecule has 0 amide bonds. The molecule has 4 nitrogen and oxygen atoms in total. The highest BCUT2D eigenvalue weighted by Gasteiger charge is 2.32. The maximum atomic E-state index is 11.7. The molecule has 4 heteroatoms. The summed E-state index contributed by atoms with van der Waals surface area (Å²) < 4.78 is 4.82. The number of piperidine rings is 1. The van der Waals surface area contributed by atoms with Crippen LogP contribution < -0.4 is 0 Å². The molecule has 1 atom stereocenters. The normalized spacial score (nSPS) is 25.1. The molecule has 0 aromatic rings. The van der Waals surface area contributed by atoms with Crippen LogP contribution in [0.25, 0.3) is 0 Å². The second-order valence-electron chi connectivity index (χ2n) is 4.35. The zero-order valence-electron chi connectivity index (χ0n) is 10.1.